The van der Waals surface area contributed by atoms with E-state index in [1.165, 1.54) is 12.1 Å². The van der Waals surface area contributed by atoms with Gasteiger partial charge in [0.15, 0.2) is 0 Å². The van der Waals surface area contributed by atoms with Gasteiger partial charge >= 0.3 is 12.2 Å². The summed E-state index contributed by atoms with van der Waals surface area (Å²) in [4.78, 5) is 16.9. The number of likely N-dealkylation sites (tertiary alicyclic amines) is 1. The van der Waals surface area contributed by atoms with Gasteiger partial charge in [0.25, 0.3) is 0 Å². The largest absolute Gasteiger partial charge is 0.477 e. The van der Waals surface area contributed by atoms with Crippen LogP contribution in [0.2, 0.25) is 0 Å². The lowest BCUT2D eigenvalue weighted by molar-refractivity contribution is -0.141. The zero-order valence-electron chi connectivity index (χ0n) is 12.9. The average Bonchev–Trinajstić information content (AvgIpc) is 2.53. The third-order valence-electron chi connectivity index (χ3n) is 3.71. The van der Waals surface area contributed by atoms with Gasteiger partial charge in [-0.05, 0) is 31.7 Å². The van der Waals surface area contributed by atoms with Gasteiger partial charge in [-0.2, -0.15) is 13.2 Å². The van der Waals surface area contributed by atoms with E-state index in [1.807, 2.05) is 6.92 Å². The Kier molecular flexibility index (Phi) is 5.68. The van der Waals surface area contributed by atoms with E-state index in [0.717, 1.165) is 18.9 Å². The SMILES string of the molecule is CCNC(=O)N1CCC(COc2cccc(C(F)(F)F)n2)CC1. The van der Waals surface area contributed by atoms with Crippen molar-refractivity contribution in [2.24, 2.45) is 5.92 Å². The maximum Gasteiger partial charge on any atom is 0.433 e. The standard InChI is InChI=1S/C15H20F3N3O2/c1-2-19-14(22)21-8-6-11(7-9-21)10-23-13-5-3-4-12(20-13)15(16,17)18/h3-5,11H,2,6-10H2,1H3,(H,19,22). The number of pyridine rings is 1. The van der Waals surface area contributed by atoms with E-state index in [0.29, 0.717) is 26.2 Å². The number of halogens is 3. The number of nitrogens with zero attached hydrogens (tertiary/aromatic N) is 2. The van der Waals surface area contributed by atoms with Crippen LogP contribution >= 0.6 is 0 Å². The minimum Gasteiger partial charge on any atom is -0.477 e. The number of nitrogens with one attached hydrogen (secondary N) is 1. The van der Waals surface area contributed by atoms with Crippen LogP contribution in [0.1, 0.15) is 25.5 Å². The molecule has 1 fully saturated rings. The van der Waals surface area contributed by atoms with Crippen molar-refractivity contribution < 1.29 is 22.7 Å². The number of alkyl halides is 3. The first kappa shape index (κ1) is 17.4. The molecule has 1 N–H and O–H groups in total. The summed E-state index contributed by atoms with van der Waals surface area (Å²) in [5.74, 6) is 0.183. The van der Waals surface area contributed by atoms with Crippen LogP contribution in [-0.2, 0) is 6.18 Å². The van der Waals surface area contributed by atoms with E-state index in [1.54, 1.807) is 4.90 Å². The molecule has 0 radical (unpaired) electrons. The van der Waals surface area contributed by atoms with Crippen molar-refractivity contribution in [2.75, 3.05) is 26.2 Å². The minimum absolute atomic E-state index is 0.0222. The predicted molar refractivity (Wildman–Crippen MR) is 78.1 cm³/mol. The van der Waals surface area contributed by atoms with Gasteiger partial charge in [0.2, 0.25) is 5.88 Å². The van der Waals surface area contributed by atoms with Crippen LogP contribution in [0.5, 0.6) is 5.88 Å². The molecule has 1 saturated heterocycles. The van der Waals surface area contributed by atoms with Gasteiger partial charge in [0.05, 0.1) is 6.61 Å². The fourth-order valence-corrected chi connectivity index (χ4v) is 2.42. The Morgan fingerprint density at radius 1 is 1.39 bits per heavy atom. The van der Waals surface area contributed by atoms with Crippen molar-refractivity contribution in [3.8, 4) is 5.88 Å². The minimum atomic E-state index is -4.47. The van der Waals surface area contributed by atoms with Crippen molar-refractivity contribution >= 4 is 6.03 Å². The molecule has 128 valence electrons. The summed E-state index contributed by atoms with van der Waals surface area (Å²) in [6, 6.07) is 3.53. The molecule has 0 atom stereocenters. The third kappa shape index (κ3) is 5.01. The second-order valence-corrected chi connectivity index (χ2v) is 5.44. The van der Waals surface area contributed by atoms with Crippen molar-refractivity contribution in [1.29, 1.82) is 0 Å². The van der Waals surface area contributed by atoms with Crippen LogP contribution in [0.3, 0.4) is 0 Å². The normalized spacial score (nSPS) is 16.3. The van der Waals surface area contributed by atoms with E-state index in [-0.39, 0.29) is 17.8 Å². The third-order valence-corrected chi connectivity index (χ3v) is 3.71. The lowest BCUT2D eigenvalue weighted by atomic mass is 9.98. The lowest BCUT2D eigenvalue weighted by Gasteiger charge is -2.31. The van der Waals surface area contributed by atoms with Gasteiger partial charge in [-0.15, -0.1) is 0 Å². The molecule has 8 heteroatoms. The first-order valence-electron chi connectivity index (χ1n) is 7.60. The van der Waals surface area contributed by atoms with E-state index in [4.69, 9.17) is 4.74 Å². The zero-order chi connectivity index (χ0) is 16.9. The number of rotatable bonds is 4. The maximum atomic E-state index is 12.6. The molecule has 2 amide bonds. The van der Waals surface area contributed by atoms with Crippen LogP contribution in [0, 0.1) is 5.92 Å². The highest BCUT2D eigenvalue weighted by molar-refractivity contribution is 5.74. The van der Waals surface area contributed by atoms with Crippen LogP contribution < -0.4 is 10.1 Å². The van der Waals surface area contributed by atoms with Crippen molar-refractivity contribution in [2.45, 2.75) is 25.9 Å². The zero-order valence-corrected chi connectivity index (χ0v) is 12.9. The van der Waals surface area contributed by atoms with Gasteiger partial charge in [-0.25, -0.2) is 9.78 Å². The quantitative estimate of drug-likeness (QED) is 0.923. The maximum absolute atomic E-state index is 12.6. The molecular formula is C15H20F3N3O2. The average molecular weight is 331 g/mol. The molecule has 5 nitrogen and oxygen atoms in total. The van der Waals surface area contributed by atoms with Gasteiger partial charge in [0, 0.05) is 25.7 Å². The molecule has 1 aromatic rings. The molecule has 0 aromatic carbocycles. The predicted octanol–water partition coefficient (Wildman–Crippen LogP) is 2.92. The Hall–Kier alpha value is -1.99. The Morgan fingerprint density at radius 3 is 2.70 bits per heavy atom. The molecule has 0 spiro atoms. The number of aromatic nitrogens is 1. The number of urea groups is 1. The second-order valence-electron chi connectivity index (χ2n) is 5.44. The van der Waals surface area contributed by atoms with Crippen molar-refractivity contribution in [3.05, 3.63) is 23.9 Å². The Bertz CT molecular complexity index is 529. The molecule has 1 aliphatic heterocycles. The molecule has 1 aliphatic rings. The number of hydrogen-bond donors (Lipinski definition) is 1. The Labute approximate surface area is 132 Å². The Balaban J connectivity index is 1.81. The molecule has 2 rings (SSSR count). The van der Waals surface area contributed by atoms with Crippen LogP contribution in [0.25, 0.3) is 0 Å². The lowest BCUT2D eigenvalue weighted by Crippen LogP contribution is -2.45. The summed E-state index contributed by atoms with van der Waals surface area (Å²) in [5, 5.41) is 2.75. The fourth-order valence-electron chi connectivity index (χ4n) is 2.42. The molecule has 1 aromatic heterocycles. The van der Waals surface area contributed by atoms with Gasteiger partial charge < -0.3 is 15.0 Å². The van der Waals surface area contributed by atoms with E-state index < -0.39 is 11.9 Å². The van der Waals surface area contributed by atoms with Crippen molar-refractivity contribution in [1.82, 2.24) is 15.2 Å². The molecule has 0 aliphatic carbocycles. The highest BCUT2D eigenvalue weighted by Crippen LogP contribution is 2.28. The first-order chi connectivity index (χ1) is 10.9. The fraction of sp³-hybridized carbons (Fsp3) is 0.600. The van der Waals surface area contributed by atoms with Gasteiger partial charge in [0.1, 0.15) is 5.69 Å². The summed E-state index contributed by atoms with van der Waals surface area (Å²) >= 11 is 0. The molecule has 0 saturated carbocycles. The number of ether oxygens (including phenoxy) is 1. The van der Waals surface area contributed by atoms with E-state index in [9.17, 15) is 18.0 Å². The molecule has 23 heavy (non-hydrogen) atoms. The van der Waals surface area contributed by atoms with Gasteiger partial charge in [-0.1, -0.05) is 6.07 Å². The molecule has 0 unspecified atom stereocenters. The first-order valence-corrected chi connectivity index (χ1v) is 7.60. The highest BCUT2D eigenvalue weighted by Gasteiger charge is 2.32. The smallest absolute Gasteiger partial charge is 0.433 e. The topological polar surface area (TPSA) is 54.5 Å². The summed E-state index contributed by atoms with van der Waals surface area (Å²) in [5.41, 5.74) is -0.957. The second kappa shape index (κ2) is 7.52. The van der Waals surface area contributed by atoms with Crippen LogP contribution in [0.4, 0.5) is 18.0 Å². The number of carbonyl (C=O) groups is 1. The number of hydrogen-bond acceptors (Lipinski definition) is 3. The number of piperidine rings is 1. The molecule has 0 bridgehead atoms. The monoisotopic (exact) mass is 331 g/mol. The van der Waals surface area contributed by atoms with E-state index >= 15 is 0 Å². The summed E-state index contributed by atoms with van der Waals surface area (Å²) in [6.45, 7) is 3.99. The number of carbonyl (C=O) groups excluding carboxylic acids is 1. The summed E-state index contributed by atoms with van der Waals surface area (Å²) in [7, 11) is 0. The molecular weight excluding hydrogens is 311 g/mol. The summed E-state index contributed by atoms with van der Waals surface area (Å²) < 4.78 is 43.1. The van der Waals surface area contributed by atoms with E-state index in [2.05, 4.69) is 10.3 Å². The Morgan fingerprint density at radius 2 is 2.09 bits per heavy atom. The summed E-state index contributed by atoms with van der Waals surface area (Å²) in [6.07, 6.45) is -2.95. The van der Waals surface area contributed by atoms with Crippen LogP contribution in [-0.4, -0.2) is 42.2 Å². The molecule has 2 heterocycles. The van der Waals surface area contributed by atoms with Gasteiger partial charge in [-0.3, -0.25) is 0 Å². The highest BCUT2D eigenvalue weighted by atomic mass is 19.4. The van der Waals surface area contributed by atoms with Crippen molar-refractivity contribution in [3.63, 3.8) is 0 Å². The van der Waals surface area contributed by atoms with Crippen LogP contribution in [0.15, 0.2) is 18.2 Å². The number of amides is 2.